The van der Waals surface area contributed by atoms with E-state index in [4.69, 9.17) is 4.74 Å². The maximum atomic E-state index is 13.0. The lowest BCUT2D eigenvalue weighted by Gasteiger charge is -2.19. The second-order valence-corrected chi connectivity index (χ2v) is 5.15. The molecule has 3 nitrogen and oxygen atoms in total. The Balaban J connectivity index is 2.70. The first-order valence-corrected chi connectivity index (χ1v) is 5.80. The molecule has 112 valence electrons. The van der Waals surface area contributed by atoms with Gasteiger partial charge in [-0.2, -0.15) is 13.2 Å². The van der Waals surface area contributed by atoms with Crippen molar-refractivity contribution in [1.29, 1.82) is 0 Å². The standard InChI is InChI=1S/C13H15F4NO2/c1-12(2,3)20-11(19)18-9-6-4-8(5-7-9)10(14)13(15,16)17/h4-7,10H,1-3H3,(H,18,19). The van der Waals surface area contributed by atoms with Crippen LogP contribution in [0.15, 0.2) is 24.3 Å². The van der Waals surface area contributed by atoms with Gasteiger partial charge in [0.15, 0.2) is 0 Å². The molecule has 20 heavy (non-hydrogen) atoms. The molecule has 0 aliphatic heterocycles. The van der Waals surface area contributed by atoms with E-state index in [0.29, 0.717) is 0 Å². The van der Waals surface area contributed by atoms with Gasteiger partial charge < -0.3 is 4.74 Å². The van der Waals surface area contributed by atoms with Crippen molar-refractivity contribution in [3.8, 4) is 0 Å². The summed E-state index contributed by atoms with van der Waals surface area (Å²) in [5.74, 6) is 0. The molecule has 0 saturated heterocycles. The van der Waals surface area contributed by atoms with Crippen LogP contribution in [0.2, 0.25) is 0 Å². The third-order valence-corrected chi connectivity index (χ3v) is 2.14. The number of halogens is 4. The van der Waals surface area contributed by atoms with Crippen molar-refractivity contribution in [2.45, 2.75) is 38.7 Å². The van der Waals surface area contributed by atoms with E-state index in [1.54, 1.807) is 20.8 Å². The van der Waals surface area contributed by atoms with Crippen molar-refractivity contribution in [3.05, 3.63) is 29.8 Å². The second kappa shape index (κ2) is 5.68. The topological polar surface area (TPSA) is 38.3 Å². The second-order valence-electron chi connectivity index (χ2n) is 5.15. The van der Waals surface area contributed by atoms with Crippen molar-refractivity contribution in [2.24, 2.45) is 0 Å². The summed E-state index contributed by atoms with van der Waals surface area (Å²) in [5.41, 5.74) is -0.991. The Kier molecular flexibility index (Phi) is 4.62. The van der Waals surface area contributed by atoms with Gasteiger partial charge in [-0.05, 0) is 38.5 Å². The lowest BCUT2D eigenvalue weighted by atomic mass is 10.1. The molecule has 1 aromatic rings. The highest BCUT2D eigenvalue weighted by atomic mass is 19.4. The number of hydrogen-bond donors (Lipinski definition) is 1. The van der Waals surface area contributed by atoms with Gasteiger partial charge in [0.1, 0.15) is 5.60 Å². The summed E-state index contributed by atoms with van der Waals surface area (Å²) in [7, 11) is 0. The van der Waals surface area contributed by atoms with Gasteiger partial charge in [0, 0.05) is 5.69 Å². The Morgan fingerprint density at radius 3 is 2.05 bits per heavy atom. The van der Waals surface area contributed by atoms with E-state index in [-0.39, 0.29) is 5.69 Å². The monoisotopic (exact) mass is 293 g/mol. The fourth-order valence-electron chi connectivity index (χ4n) is 1.35. The first-order chi connectivity index (χ1) is 8.99. The molecule has 7 heteroatoms. The number of carbonyl (C=O) groups is 1. The summed E-state index contributed by atoms with van der Waals surface area (Å²) in [4.78, 5) is 11.4. The molecule has 0 heterocycles. The van der Waals surface area contributed by atoms with Crippen LogP contribution in [0.1, 0.15) is 32.5 Å². The van der Waals surface area contributed by atoms with E-state index in [9.17, 15) is 22.4 Å². The maximum absolute atomic E-state index is 13.0. The molecular weight excluding hydrogens is 278 g/mol. The minimum Gasteiger partial charge on any atom is -0.444 e. The van der Waals surface area contributed by atoms with Crippen LogP contribution < -0.4 is 5.32 Å². The molecule has 1 rings (SSSR count). The van der Waals surface area contributed by atoms with Gasteiger partial charge in [-0.1, -0.05) is 12.1 Å². The van der Waals surface area contributed by atoms with Crippen molar-refractivity contribution in [3.63, 3.8) is 0 Å². The molecule has 0 spiro atoms. The highest BCUT2D eigenvalue weighted by molar-refractivity contribution is 5.84. The van der Waals surface area contributed by atoms with Crippen LogP contribution >= 0.6 is 0 Å². The predicted molar refractivity (Wildman–Crippen MR) is 66.2 cm³/mol. The first-order valence-electron chi connectivity index (χ1n) is 5.80. The molecule has 1 amide bonds. The van der Waals surface area contributed by atoms with E-state index in [1.165, 1.54) is 12.1 Å². The average Bonchev–Trinajstić information content (AvgIpc) is 2.25. The number of rotatable bonds is 2. The van der Waals surface area contributed by atoms with Gasteiger partial charge >= 0.3 is 12.3 Å². The fourth-order valence-corrected chi connectivity index (χ4v) is 1.35. The number of anilines is 1. The van der Waals surface area contributed by atoms with Crippen LogP contribution in [-0.4, -0.2) is 17.9 Å². The molecule has 1 N–H and O–H groups in total. The van der Waals surface area contributed by atoms with Crippen LogP contribution in [0.4, 0.5) is 28.0 Å². The van der Waals surface area contributed by atoms with Gasteiger partial charge in [0.25, 0.3) is 0 Å². The minimum absolute atomic E-state index is 0.220. The van der Waals surface area contributed by atoms with Crippen LogP contribution in [0.25, 0.3) is 0 Å². The summed E-state index contributed by atoms with van der Waals surface area (Å²) in [6.45, 7) is 5.02. The molecule has 1 aromatic carbocycles. The molecule has 0 fully saturated rings. The Bertz CT molecular complexity index is 463. The van der Waals surface area contributed by atoms with E-state index in [0.717, 1.165) is 12.1 Å². The summed E-state index contributed by atoms with van der Waals surface area (Å²) in [5, 5.41) is 2.34. The number of carbonyl (C=O) groups excluding carboxylic acids is 1. The van der Waals surface area contributed by atoms with Crippen LogP contribution in [0, 0.1) is 0 Å². The van der Waals surface area contributed by atoms with Gasteiger partial charge in [-0.25, -0.2) is 9.18 Å². The Morgan fingerprint density at radius 2 is 1.65 bits per heavy atom. The number of hydrogen-bond acceptors (Lipinski definition) is 2. The number of alkyl halides is 4. The SMILES string of the molecule is CC(C)(C)OC(=O)Nc1ccc(C(F)C(F)(F)F)cc1. The quantitative estimate of drug-likeness (QED) is 0.809. The Labute approximate surface area is 113 Å². The van der Waals surface area contributed by atoms with E-state index in [1.807, 2.05) is 0 Å². The molecular formula is C13H15F4NO2. The lowest BCUT2D eigenvalue weighted by molar-refractivity contribution is -0.182. The van der Waals surface area contributed by atoms with E-state index < -0.39 is 29.6 Å². The maximum Gasteiger partial charge on any atom is 0.423 e. The summed E-state index contributed by atoms with van der Waals surface area (Å²) < 4.78 is 54.5. The molecule has 0 saturated carbocycles. The van der Waals surface area contributed by atoms with Gasteiger partial charge in [0.05, 0.1) is 0 Å². The number of benzene rings is 1. The molecule has 1 atom stereocenters. The summed E-state index contributed by atoms with van der Waals surface area (Å²) >= 11 is 0. The highest BCUT2D eigenvalue weighted by Crippen LogP contribution is 2.36. The third-order valence-electron chi connectivity index (χ3n) is 2.14. The zero-order valence-corrected chi connectivity index (χ0v) is 11.2. The van der Waals surface area contributed by atoms with Gasteiger partial charge in [-0.3, -0.25) is 5.32 Å². The summed E-state index contributed by atoms with van der Waals surface area (Å²) in [6.07, 6.45) is -8.73. The van der Waals surface area contributed by atoms with Gasteiger partial charge in [0.2, 0.25) is 6.17 Å². The highest BCUT2D eigenvalue weighted by Gasteiger charge is 2.41. The van der Waals surface area contributed by atoms with Gasteiger partial charge in [-0.15, -0.1) is 0 Å². The molecule has 1 unspecified atom stereocenters. The Hall–Kier alpha value is -1.79. The fraction of sp³-hybridized carbons (Fsp3) is 0.462. The summed E-state index contributed by atoms with van der Waals surface area (Å²) in [6, 6.07) is 4.28. The third kappa shape index (κ3) is 5.07. The normalized spacial score (nSPS) is 13.8. The minimum atomic E-state index is -4.94. The molecule has 0 aliphatic carbocycles. The zero-order chi connectivity index (χ0) is 15.6. The largest absolute Gasteiger partial charge is 0.444 e. The first kappa shape index (κ1) is 16.3. The number of amides is 1. The number of ether oxygens (including phenoxy) is 1. The van der Waals surface area contributed by atoms with Crippen molar-refractivity contribution >= 4 is 11.8 Å². The average molecular weight is 293 g/mol. The molecule has 0 radical (unpaired) electrons. The smallest absolute Gasteiger partial charge is 0.423 e. The van der Waals surface area contributed by atoms with Crippen LogP contribution in [0.5, 0.6) is 0 Å². The molecule has 0 aromatic heterocycles. The van der Waals surface area contributed by atoms with Crippen LogP contribution in [0.3, 0.4) is 0 Å². The van der Waals surface area contributed by atoms with E-state index in [2.05, 4.69) is 5.32 Å². The lowest BCUT2D eigenvalue weighted by Crippen LogP contribution is -2.27. The zero-order valence-electron chi connectivity index (χ0n) is 11.2. The Morgan fingerprint density at radius 1 is 1.15 bits per heavy atom. The van der Waals surface area contributed by atoms with Crippen LogP contribution in [-0.2, 0) is 4.74 Å². The number of nitrogens with one attached hydrogen (secondary N) is 1. The molecule has 0 bridgehead atoms. The van der Waals surface area contributed by atoms with E-state index >= 15 is 0 Å². The van der Waals surface area contributed by atoms with Crippen molar-refractivity contribution in [2.75, 3.05) is 5.32 Å². The predicted octanol–water partition coefficient (Wildman–Crippen LogP) is 4.61. The van der Waals surface area contributed by atoms with Crippen molar-refractivity contribution < 1.29 is 27.1 Å². The molecule has 0 aliphatic rings. The van der Waals surface area contributed by atoms with Crippen molar-refractivity contribution in [1.82, 2.24) is 0 Å².